The number of carbonyl (C=O) groups is 1. The Hall–Kier alpha value is -2.31. The van der Waals surface area contributed by atoms with Crippen LogP contribution in [0.15, 0.2) is 23.2 Å². The van der Waals surface area contributed by atoms with E-state index < -0.39 is 11.2 Å². The second-order valence-electron chi connectivity index (χ2n) is 6.46. The van der Waals surface area contributed by atoms with Gasteiger partial charge in [-0.1, -0.05) is 6.07 Å². The zero-order valence-corrected chi connectivity index (χ0v) is 15.9. The van der Waals surface area contributed by atoms with Crippen LogP contribution in [0.3, 0.4) is 0 Å². The Morgan fingerprint density at radius 2 is 2.08 bits per heavy atom. The molecule has 1 aromatic rings. The van der Waals surface area contributed by atoms with E-state index in [1.807, 2.05) is 38.8 Å². The van der Waals surface area contributed by atoms with Gasteiger partial charge in [0.05, 0.1) is 19.1 Å². The fourth-order valence-electron chi connectivity index (χ4n) is 2.31. The number of methoxy groups -OCH3 is 1. The first-order valence-electron chi connectivity index (χ1n) is 8.29. The SMILES string of the molecule is CCNC(=NCC(C)(C)C(=O)NC)N(C)Cc1ccc(OC)c(F)c1. The van der Waals surface area contributed by atoms with Crippen LogP contribution < -0.4 is 15.4 Å². The molecule has 0 saturated heterocycles. The lowest BCUT2D eigenvalue weighted by atomic mass is 9.93. The van der Waals surface area contributed by atoms with Crippen LogP contribution in [0.2, 0.25) is 0 Å². The molecule has 0 fully saturated rings. The number of guanidine groups is 1. The van der Waals surface area contributed by atoms with Crippen LogP contribution in [0.4, 0.5) is 4.39 Å². The number of amides is 1. The van der Waals surface area contributed by atoms with Crippen molar-refractivity contribution in [3.05, 3.63) is 29.6 Å². The third-order valence-electron chi connectivity index (χ3n) is 3.80. The average Bonchev–Trinajstić information content (AvgIpc) is 2.57. The zero-order chi connectivity index (χ0) is 19.0. The second kappa shape index (κ2) is 9.25. The molecule has 1 amide bonds. The lowest BCUT2D eigenvalue weighted by Crippen LogP contribution is -2.41. The van der Waals surface area contributed by atoms with Crippen molar-refractivity contribution in [2.24, 2.45) is 10.4 Å². The summed E-state index contributed by atoms with van der Waals surface area (Å²) in [6.45, 7) is 7.18. The average molecular weight is 352 g/mol. The Kier molecular flexibility index (Phi) is 7.67. The van der Waals surface area contributed by atoms with Gasteiger partial charge in [0, 0.05) is 27.2 Å². The molecule has 0 atom stereocenters. The highest BCUT2D eigenvalue weighted by Gasteiger charge is 2.26. The van der Waals surface area contributed by atoms with E-state index in [1.165, 1.54) is 13.2 Å². The predicted octanol–water partition coefficient (Wildman–Crippen LogP) is 2.00. The molecule has 2 N–H and O–H groups in total. The van der Waals surface area contributed by atoms with Crippen LogP contribution in [-0.4, -0.2) is 51.1 Å². The number of nitrogens with zero attached hydrogens (tertiary/aromatic N) is 2. The summed E-state index contributed by atoms with van der Waals surface area (Å²) in [6.07, 6.45) is 0. The molecule has 6 nitrogen and oxygen atoms in total. The molecule has 1 aromatic carbocycles. The first kappa shape index (κ1) is 20.7. The van der Waals surface area contributed by atoms with Gasteiger partial charge in [0.2, 0.25) is 5.91 Å². The molecule has 0 bridgehead atoms. The van der Waals surface area contributed by atoms with Crippen LogP contribution in [0.25, 0.3) is 0 Å². The molecule has 0 aliphatic heterocycles. The molecule has 0 aliphatic carbocycles. The van der Waals surface area contributed by atoms with Crippen LogP contribution in [0.5, 0.6) is 5.75 Å². The highest BCUT2D eigenvalue weighted by molar-refractivity contribution is 5.83. The molecule has 0 heterocycles. The van der Waals surface area contributed by atoms with Gasteiger partial charge in [0.25, 0.3) is 0 Å². The number of carbonyl (C=O) groups excluding carboxylic acids is 1. The first-order valence-corrected chi connectivity index (χ1v) is 8.29. The monoisotopic (exact) mass is 352 g/mol. The molecular weight excluding hydrogens is 323 g/mol. The number of nitrogens with one attached hydrogen (secondary N) is 2. The Morgan fingerprint density at radius 3 is 2.60 bits per heavy atom. The van der Waals surface area contributed by atoms with Crippen molar-refractivity contribution < 1.29 is 13.9 Å². The van der Waals surface area contributed by atoms with Gasteiger partial charge in [-0.15, -0.1) is 0 Å². The lowest BCUT2D eigenvalue weighted by molar-refractivity contribution is -0.128. The normalized spacial score (nSPS) is 11.9. The number of ether oxygens (including phenoxy) is 1. The summed E-state index contributed by atoms with van der Waals surface area (Å²) in [5.74, 6) is 0.429. The van der Waals surface area contributed by atoms with E-state index in [2.05, 4.69) is 15.6 Å². The van der Waals surface area contributed by atoms with Crippen molar-refractivity contribution in [2.75, 3.05) is 34.3 Å². The van der Waals surface area contributed by atoms with Crippen LogP contribution in [0.1, 0.15) is 26.3 Å². The van der Waals surface area contributed by atoms with Crippen molar-refractivity contribution in [1.82, 2.24) is 15.5 Å². The topological polar surface area (TPSA) is 66.0 Å². The van der Waals surface area contributed by atoms with E-state index >= 15 is 0 Å². The van der Waals surface area contributed by atoms with E-state index in [0.29, 0.717) is 25.6 Å². The molecule has 0 aromatic heterocycles. The Labute approximate surface area is 149 Å². The van der Waals surface area contributed by atoms with Crippen molar-refractivity contribution in [3.63, 3.8) is 0 Å². The van der Waals surface area contributed by atoms with Crippen LogP contribution >= 0.6 is 0 Å². The maximum absolute atomic E-state index is 13.8. The minimum absolute atomic E-state index is 0.0630. The summed E-state index contributed by atoms with van der Waals surface area (Å²) in [5, 5.41) is 5.85. The van der Waals surface area contributed by atoms with Crippen molar-refractivity contribution in [2.45, 2.75) is 27.3 Å². The highest BCUT2D eigenvalue weighted by Crippen LogP contribution is 2.19. The molecule has 0 spiro atoms. The van der Waals surface area contributed by atoms with E-state index in [0.717, 1.165) is 5.56 Å². The zero-order valence-electron chi connectivity index (χ0n) is 15.9. The summed E-state index contributed by atoms with van der Waals surface area (Å²) in [4.78, 5) is 18.3. The van der Waals surface area contributed by atoms with Gasteiger partial charge in [-0.3, -0.25) is 9.79 Å². The number of hydrogen-bond donors (Lipinski definition) is 2. The van der Waals surface area contributed by atoms with Gasteiger partial charge in [-0.2, -0.15) is 0 Å². The maximum Gasteiger partial charge on any atom is 0.227 e. The first-order chi connectivity index (χ1) is 11.7. The van der Waals surface area contributed by atoms with Gasteiger partial charge in [0.15, 0.2) is 17.5 Å². The maximum atomic E-state index is 13.8. The third kappa shape index (κ3) is 5.92. The molecule has 25 heavy (non-hydrogen) atoms. The summed E-state index contributed by atoms with van der Waals surface area (Å²) >= 11 is 0. The van der Waals surface area contributed by atoms with Gasteiger partial charge in [0.1, 0.15) is 0 Å². The fraction of sp³-hybridized carbons (Fsp3) is 0.556. The smallest absolute Gasteiger partial charge is 0.227 e. The lowest BCUT2D eigenvalue weighted by Gasteiger charge is -2.25. The molecule has 7 heteroatoms. The Morgan fingerprint density at radius 1 is 1.40 bits per heavy atom. The third-order valence-corrected chi connectivity index (χ3v) is 3.80. The van der Waals surface area contributed by atoms with Crippen LogP contribution in [0, 0.1) is 11.2 Å². The number of aliphatic imine (C=N–C) groups is 1. The highest BCUT2D eigenvalue weighted by atomic mass is 19.1. The molecule has 0 saturated carbocycles. The van der Waals surface area contributed by atoms with Crippen molar-refractivity contribution in [1.29, 1.82) is 0 Å². The van der Waals surface area contributed by atoms with Gasteiger partial charge < -0.3 is 20.3 Å². The van der Waals surface area contributed by atoms with E-state index in [1.54, 1.807) is 13.1 Å². The molecule has 0 aliphatic rings. The Bertz CT molecular complexity index is 617. The molecule has 1 rings (SSSR count). The molecular formula is C18H29FN4O2. The summed E-state index contributed by atoms with van der Waals surface area (Å²) in [7, 11) is 4.92. The summed E-state index contributed by atoms with van der Waals surface area (Å²) in [6, 6.07) is 4.88. The van der Waals surface area contributed by atoms with Crippen LogP contribution in [-0.2, 0) is 11.3 Å². The van der Waals surface area contributed by atoms with Crippen molar-refractivity contribution >= 4 is 11.9 Å². The van der Waals surface area contributed by atoms with E-state index in [9.17, 15) is 9.18 Å². The standard InChI is InChI=1S/C18H29FN4O2/c1-7-21-17(22-12-18(2,3)16(24)20-4)23(5)11-13-8-9-15(25-6)14(19)10-13/h8-10H,7,11-12H2,1-6H3,(H,20,24)(H,21,22). The van der Waals surface area contributed by atoms with Crippen molar-refractivity contribution in [3.8, 4) is 5.75 Å². The fourth-order valence-corrected chi connectivity index (χ4v) is 2.31. The molecule has 0 radical (unpaired) electrons. The minimum atomic E-state index is -0.609. The van der Waals surface area contributed by atoms with E-state index in [4.69, 9.17) is 4.74 Å². The molecule has 140 valence electrons. The quantitative estimate of drug-likeness (QED) is 0.582. The van der Waals surface area contributed by atoms with Gasteiger partial charge in [-0.25, -0.2) is 4.39 Å². The number of rotatable bonds is 7. The molecule has 0 unspecified atom stereocenters. The Balaban J connectivity index is 2.88. The minimum Gasteiger partial charge on any atom is -0.494 e. The van der Waals surface area contributed by atoms with Gasteiger partial charge >= 0.3 is 0 Å². The number of hydrogen-bond acceptors (Lipinski definition) is 3. The summed E-state index contributed by atoms with van der Waals surface area (Å²) < 4.78 is 18.8. The van der Waals surface area contributed by atoms with Gasteiger partial charge in [-0.05, 0) is 38.5 Å². The largest absolute Gasteiger partial charge is 0.494 e. The second-order valence-corrected chi connectivity index (χ2v) is 6.46. The number of benzene rings is 1. The number of halogens is 1. The van der Waals surface area contributed by atoms with E-state index in [-0.39, 0.29) is 11.7 Å². The predicted molar refractivity (Wildman–Crippen MR) is 98.2 cm³/mol. The summed E-state index contributed by atoms with van der Waals surface area (Å²) in [5.41, 5.74) is 0.194.